The lowest BCUT2D eigenvalue weighted by Gasteiger charge is -2.21. The molecule has 0 aliphatic rings. The van der Waals surface area contributed by atoms with Crippen LogP contribution in [0.25, 0.3) is 0 Å². The van der Waals surface area contributed by atoms with Gasteiger partial charge in [0.15, 0.2) is 11.5 Å². The number of amides is 2. The normalized spacial score (nSPS) is 10.2. The molecule has 0 spiro atoms. The van der Waals surface area contributed by atoms with Crippen molar-refractivity contribution in [2.24, 2.45) is 0 Å². The second-order valence-electron chi connectivity index (χ2n) is 5.87. The molecule has 0 bridgehead atoms. The van der Waals surface area contributed by atoms with E-state index in [1.807, 2.05) is 18.2 Å². The van der Waals surface area contributed by atoms with E-state index in [1.54, 1.807) is 38.5 Å². The van der Waals surface area contributed by atoms with Gasteiger partial charge in [0.05, 0.1) is 14.2 Å². The Labute approximate surface area is 164 Å². The maximum Gasteiger partial charge on any atom is 0.240 e. The van der Waals surface area contributed by atoms with Gasteiger partial charge < -0.3 is 19.7 Å². The molecule has 144 valence electrons. The largest absolute Gasteiger partial charge is 0.493 e. The Balaban J connectivity index is 1.92. The number of hydrogen-bond donors (Lipinski definition) is 1. The second kappa shape index (κ2) is 9.83. The van der Waals surface area contributed by atoms with E-state index in [-0.39, 0.29) is 18.4 Å². The van der Waals surface area contributed by atoms with Gasteiger partial charge in [0, 0.05) is 24.2 Å². The van der Waals surface area contributed by atoms with Gasteiger partial charge in [0.1, 0.15) is 6.54 Å². The Morgan fingerprint density at radius 3 is 2.44 bits per heavy atom. The number of carbonyl (C=O) groups excluding carboxylic acids is 2. The Kier molecular flexibility index (Phi) is 7.49. The van der Waals surface area contributed by atoms with E-state index >= 15 is 0 Å². The molecule has 2 aromatic carbocycles. The van der Waals surface area contributed by atoms with Crippen LogP contribution in [0.1, 0.15) is 12.5 Å². The van der Waals surface area contributed by atoms with Crippen LogP contribution in [-0.4, -0.2) is 39.1 Å². The summed E-state index contributed by atoms with van der Waals surface area (Å²) in [5, 5.41) is 3.34. The van der Waals surface area contributed by atoms with Gasteiger partial charge in [-0.3, -0.25) is 9.59 Å². The molecule has 2 amide bonds. The molecule has 0 aliphatic heterocycles. The summed E-state index contributed by atoms with van der Waals surface area (Å²) in [6, 6.07) is 12.5. The van der Waals surface area contributed by atoms with E-state index in [1.165, 1.54) is 11.8 Å². The predicted molar refractivity (Wildman–Crippen MR) is 106 cm³/mol. The van der Waals surface area contributed by atoms with Crippen molar-refractivity contribution in [3.63, 3.8) is 0 Å². The number of methoxy groups -OCH3 is 2. The van der Waals surface area contributed by atoms with Crippen molar-refractivity contribution in [1.29, 1.82) is 0 Å². The van der Waals surface area contributed by atoms with Gasteiger partial charge >= 0.3 is 0 Å². The Hall–Kier alpha value is -2.73. The van der Waals surface area contributed by atoms with Gasteiger partial charge in [-0.2, -0.15) is 0 Å². The average Bonchev–Trinajstić information content (AvgIpc) is 2.65. The zero-order valence-corrected chi connectivity index (χ0v) is 16.4. The highest BCUT2D eigenvalue weighted by atomic mass is 35.5. The molecule has 0 unspecified atom stereocenters. The summed E-state index contributed by atoms with van der Waals surface area (Å²) in [4.78, 5) is 25.5. The van der Waals surface area contributed by atoms with Crippen molar-refractivity contribution in [2.75, 3.05) is 32.2 Å². The van der Waals surface area contributed by atoms with Crippen LogP contribution in [0.4, 0.5) is 5.69 Å². The first kappa shape index (κ1) is 20.6. The molecule has 0 atom stereocenters. The molecule has 0 heterocycles. The lowest BCUT2D eigenvalue weighted by Crippen LogP contribution is -2.40. The summed E-state index contributed by atoms with van der Waals surface area (Å²) in [7, 11) is 3.16. The minimum Gasteiger partial charge on any atom is -0.493 e. The van der Waals surface area contributed by atoms with E-state index in [2.05, 4.69) is 5.32 Å². The molecule has 0 saturated heterocycles. The maximum absolute atomic E-state index is 12.2. The van der Waals surface area contributed by atoms with Gasteiger partial charge in [0.2, 0.25) is 11.8 Å². The summed E-state index contributed by atoms with van der Waals surface area (Å²) >= 11 is 5.97. The van der Waals surface area contributed by atoms with Crippen LogP contribution in [-0.2, 0) is 16.0 Å². The number of nitrogens with one attached hydrogen (secondary N) is 1. The molecule has 7 heteroatoms. The van der Waals surface area contributed by atoms with E-state index in [0.717, 1.165) is 5.56 Å². The summed E-state index contributed by atoms with van der Waals surface area (Å²) in [6.07, 6.45) is 0.628. The van der Waals surface area contributed by atoms with E-state index < -0.39 is 0 Å². The van der Waals surface area contributed by atoms with Gasteiger partial charge in [0.25, 0.3) is 0 Å². The molecule has 0 fully saturated rings. The Morgan fingerprint density at radius 1 is 1.07 bits per heavy atom. The number of hydrogen-bond acceptors (Lipinski definition) is 4. The molecule has 27 heavy (non-hydrogen) atoms. The third-order valence-corrected chi connectivity index (χ3v) is 4.22. The highest BCUT2D eigenvalue weighted by molar-refractivity contribution is 6.30. The molecule has 2 aromatic rings. The molecule has 6 nitrogen and oxygen atoms in total. The number of rotatable bonds is 8. The number of nitrogens with zero attached hydrogens (tertiary/aromatic N) is 1. The zero-order valence-electron chi connectivity index (χ0n) is 15.6. The van der Waals surface area contributed by atoms with Crippen molar-refractivity contribution in [1.82, 2.24) is 5.32 Å². The van der Waals surface area contributed by atoms with Crippen molar-refractivity contribution < 1.29 is 19.1 Å². The summed E-state index contributed by atoms with van der Waals surface area (Å²) in [5.74, 6) is 0.826. The van der Waals surface area contributed by atoms with Crippen LogP contribution in [0.15, 0.2) is 42.5 Å². The number of benzene rings is 2. The number of ether oxygens (including phenoxy) is 2. The van der Waals surface area contributed by atoms with Crippen molar-refractivity contribution >= 4 is 29.1 Å². The quantitative estimate of drug-likeness (QED) is 0.752. The van der Waals surface area contributed by atoms with Gasteiger partial charge in [-0.1, -0.05) is 23.7 Å². The van der Waals surface area contributed by atoms with Gasteiger partial charge in [-0.15, -0.1) is 0 Å². The van der Waals surface area contributed by atoms with Crippen LogP contribution in [0.3, 0.4) is 0 Å². The van der Waals surface area contributed by atoms with Crippen molar-refractivity contribution in [3.8, 4) is 11.5 Å². The number of halogens is 1. The fourth-order valence-corrected chi connectivity index (χ4v) is 2.79. The third kappa shape index (κ3) is 5.89. The van der Waals surface area contributed by atoms with E-state index in [9.17, 15) is 9.59 Å². The van der Waals surface area contributed by atoms with E-state index in [0.29, 0.717) is 35.2 Å². The van der Waals surface area contributed by atoms with Gasteiger partial charge in [-0.05, 0) is 42.3 Å². The van der Waals surface area contributed by atoms with Crippen LogP contribution < -0.4 is 19.7 Å². The Morgan fingerprint density at radius 2 is 1.81 bits per heavy atom. The molecule has 1 N–H and O–H groups in total. The lowest BCUT2D eigenvalue weighted by atomic mass is 10.1. The lowest BCUT2D eigenvalue weighted by molar-refractivity contribution is -0.123. The fraction of sp³-hybridized carbons (Fsp3) is 0.300. The first-order valence-electron chi connectivity index (χ1n) is 8.46. The number of carbonyl (C=O) groups is 2. The zero-order chi connectivity index (χ0) is 19.8. The standard InChI is InChI=1S/C20H23ClN2O4/c1-14(24)23(17-6-4-5-16(21)12-17)13-20(25)22-10-9-15-7-8-18(26-2)19(11-15)27-3/h4-8,11-12H,9-10,13H2,1-3H3,(H,22,25). The SMILES string of the molecule is COc1ccc(CCNC(=O)CN(C(C)=O)c2cccc(Cl)c2)cc1OC. The van der Waals surface area contributed by atoms with Crippen molar-refractivity contribution in [3.05, 3.63) is 53.1 Å². The molecular formula is C20H23ClN2O4. The highest BCUT2D eigenvalue weighted by Crippen LogP contribution is 2.27. The molecule has 0 radical (unpaired) electrons. The topological polar surface area (TPSA) is 67.9 Å². The second-order valence-corrected chi connectivity index (χ2v) is 6.31. The van der Waals surface area contributed by atoms with Crippen molar-refractivity contribution in [2.45, 2.75) is 13.3 Å². The van der Waals surface area contributed by atoms with Crippen LogP contribution >= 0.6 is 11.6 Å². The average molecular weight is 391 g/mol. The first-order chi connectivity index (χ1) is 12.9. The maximum atomic E-state index is 12.2. The molecule has 2 rings (SSSR count). The summed E-state index contributed by atoms with van der Waals surface area (Å²) in [6.45, 7) is 1.79. The molecular weight excluding hydrogens is 368 g/mol. The third-order valence-electron chi connectivity index (χ3n) is 3.99. The molecule has 0 aliphatic carbocycles. The molecule has 0 aromatic heterocycles. The summed E-state index contributed by atoms with van der Waals surface area (Å²) < 4.78 is 10.5. The van der Waals surface area contributed by atoms with E-state index in [4.69, 9.17) is 21.1 Å². The first-order valence-corrected chi connectivity index (χ1v) is 8.83. The minimum atomic E-state index is -0.245. The molecule has 0 saturated carbocycles. The minimum absolute atomic E-state index is 0.0678. The number of anilines is 1. The van der Waals surface area contributed by atoms with Crippen LogP contribution in [0, 0.1) is 0 Å². The highest BCUT2D eigenvalue weighted by Gasteiger charge is 2.16. The van der Waals surface area contributed by atoms with Gasteiger partial charge in [-0.25, -0.2) is 0 Å². The van der Waals surface area contributed by atoms with Crippen LogP contribution in [0.2, 0.25) is 5.02 Å². The summed E-state index contributed by atoms with van der Waals surface area (Å²) in [5.41, 5.74) is 1.59. The Bertz CT molecular complexity index is 810. The smallest absolute Gasteiger partial charge is 0.240 e. The van der Waals surface area contributed by atoms with Crippen LogP contribution in [0.5, 0.6) is 11.5 Å². The predicted octanol–water partition coefficient (Wildman–Crippen LogP) is 3.07. The monoisotopic (exact) mass is 390 g/mol. The fourth-order valence-electron chi connectivity index (χ4n) is 2.61.